The Bertz CT molecular complexity index is 2110. The van der Waals surface area contributed by atoms with Crippen LogP contribution in [-0.2, 0) is 19.9 Å². The van der Waals surface area contributed by atoms with Gasteiger partial charge in [-0.25, -0.2) is 45.0 Å². The number of hydrogen-bond donors (Lipinski definition) is 2. The Morgan fingerprint density at radius 3 is 2.29 bits per heavy atom. The summed E-state index contributed by atoms with van der Waals surface area (Å²) in [7, 11) is -7.77. The van der Waals surface area contributed by atoms with Crippen LogP contribution in [0, 0.1) is 22.9 Å². The Labute approximate surface area is 279 Å². The van der Waals surface area contributed by atoms with Crippen molar-refractivity contribution in [2.45, 2.75) is 68.0 Å². The van der Waals surface area contributed by atoms with Crippen LogP contribution >= 0.6 is 11.3 Å². The maximum absolute atomic E-state index is 16.3. The van der Waals surface area contributed by atoms with E-state index in [1.807, 2.05) is 4.72 Å². The summed E-state index contributed by atoms with van der Waals surface area (Å²) in [6.45, 7) is 0. The molecule has 8 rings (SSSR count). The van der Waals surface area contributed by atoms with Crippen molar-refractivity contribution in [3.8, 4) is 21.8 Å². The maximum Gasteiger partial charge on any atom is 0.267 e. The molecule has 1 aliphatic carbocycles. The molecule has 4 aromatic rings. The van der Waals surface area contributed by atoms with E-state index in [1.165, 1.54) is 29.5 Å². The number of sulfone groups is 1. The number of hydrogen-bond acceptors (Lipinski definition) is 10. The van der Waals surface area contributed by atoms with Gasteiger partial charge in [0.05, 0.1) is 33.5 Å². The summed E-state index contributed by atoms with van der Waals surface area (Å²) in [6, 6.07) is 9.13. The topological polar surface area (TPSA) is 134 Å². The van der Waals surface area contributed by atoms with Gasteiger partial charge in [0.1, 0.15) is 11.6 Å². The first-order valence-electron chi connectivity index (χ1n) is 15.8. The van der Waals surface area contributed by atoms with E-state index >= 15 is 4.39 Å². The second-order valence-electron chi connectivity index (χ2n) is 13.3. The minimum Gasteiger partial charge on any atom is -0.351 e. The van der Waals surface area contributed by atoms with Crippen LogP contribution in [0.1, 0.15) is 44.9 Å². The lowest BCUT2D eigenvalue weighted by molar-refractivity contribution is 0.153. The highest BCUT2D eigenvalue weighted by molar-refractivity contribution is 7.93. The fraction of sp³-hybridized carbons (Fsp3) is 0.406. The van der Waals surface area contributed by atoms with Crippen molar-refractivity contribution in [2.75, 3.05) is 26.4 Å². The van der Waals surface area contributed by atoms with Gasteiger partial charge >= 0.3 is 0 Å². The third-order valence-electron chi connectivity index (χ3n) is 9.85. The molecule has 5 heterocycles. The molecule has 2 unspecified atom stereocenters. The molecule has 16 heteroatoms. The van der Waals surface area contributed by atoms with E-state index in [-0.39, 0.29) is 34.2 Å². The van der Waals surface area contributed by atoms with Crippen LogP contribution in [0.15, 0.2) is 53.6 Å². The lowest BCUT2D eigenvalue weighted by Crippen LogP contribution is -2.60. The second kappa shape index (κ2) is 11.4. The van der Waals surface area contributed by atoms with Crippen LogP contribution in [0.25, 0.3) is 21.8 Å². The van der Waals surface area contributed by atoms with E-state index in [1.54, 1.807) is 12.3 Å². The quantitative estimate of drug-likeness (QED) is 0.225. The Morgan fingerprint density at radius 2 is 1.60 bits per heavy atom. The molecule has 1 saturated carbocycles. The molecule has 252 valence electrons. The summed E-state index contributed by atoms with van der Waals surface area (Å²) in [5.74, 6) is -2.79. The first kappa shape index (κ1) is 31.5. The fourth-order valence-electron chi connectivity index (χ4n) is 7.88. The molecule has 2 atom stereocenters. The second-order valence-corrected chi connectivity index (χ2v) is 17.9. The molecular formula is C32H31F3N6O4S3. The van der Waals surface area contributed by atoms with Crippen LogP contribution in [0.2, 0.25) is 0 Å². The van der Waals surface area contributed by atoms with Crippen LogP contribution in [0.5, 0.6) is 0 Å². The van der Waals surface area contributed by atoms with Gasteiger partial charge in [0.2, 0.25) is 5.95 Å². The highest BCUT2D eigenvalue weighted by Crippen LogP contribution is 2.51. The Kier molecular flexibility index (Phi) is 7.49. The van der Waals surface area contributed by atoms with Gasteiger partial charge in [-0.2, -0.15) is 0 Å². The molecule has 2 aromatic carbocycles. The fourth-order valence-corrected chi connectivity index (χ4v) is 12.5. The van der Waals surface area contributed by atoms with Gasteiger partial charge in [-0.3, -0.25) is 4.72 Å². The number of halogens is 3. The molecule has 10 nitrogen and oxygen atoms in total. The molecule has 1 spiro atoms. The standard InChI is InChI=1S/C32H31F3N6O4S3/c33-22-7-3-8-23(34)29(22)48(44,45)40-24-9-2-6-21(26(24)35)27-28(46-31(39-27)41-19-4-1-5-20(41)11-10-19)25-12-13-36-30(38-25)37-18-14-32(15-18)16-47(42,43)17-32/h2-3,6-9,12-13,18-20,40H,1,4-5,10-11,14-17H2,(H,36,37,38). The number of anilines is 3. The average molecular weight is 717 g/mol. The van der Waals surface area contributed by atoms with Gasteiger partial charge in [-0.15, -0.1) is 0 Å². The monoisotopic (exact) mass is 716 g/mol. The van der Waals surface area contributed by atoms with Crippen LogP contribution in [0.3, 0.4) is 0 Å². The molecule has 2 aromatic heterocycles. The van der Waals surface area contributed by atoms with E-state index in [0.717, 1.165) is 50.3 Å². The van der Waals surface area contributed by atoms with Crippen molar-refractivity contribution in [3.63, 3.8) is 0 Å². The zero-order valence-electron chi connectivity index (χ0n) is 25.5. The molecule has 3 saturated heterocycles. The minimum absolute atomic E-state index is 0.00805. The summed E-state index contributed by atoms with van der Waals surface area (Å²) < 4.78 is 96.7. The van der Waals surface area contributed by atoms with Crippen molar-refractivity contribution >= 4 is 48.0 Å². The van der Waals surface area contributed by atoms with Crippen molar-refractivity contribution in [1.29, 1.82) is 0 Å². The zero-order chi connectivity index (χ0) is 33.4. The molecule has 4 fully saturated rings. The maximum atomic E-state index is 16.3. The summed E-state index contributed by atoms with van der Waals surface area (Å²) >= 11 is 1.38. The van der Waals surface area contributed by atoms with Gasteiger partial charge in [0, 0.05) is 35.3 Å². The van der Waals surface area contributed by atoms with E-state index in [2.05, 4.69) is 15.2 Å². The predicted molar refractivity (Wildman–Crippen MR) is 177 cm³/mol. The predicted octanol–water partition coefficient (Wildman–Crippen LogP) is 6.00. The van der Waals surface area contributed by atoms with Gasteiger partial charge in [-0.05, 0) is 75.3 Å². The summed E-state index contributed by atoms with van der Waals surface area (Å²) in [5.41, 5.74) is 0.0724. The van der Waals surface area contributed by atoms with Crippen molar-refractivity contribution in [3.05, 3.63) is 66.1 Å². The Hall–Kier alpha value is -3.76. The van der Waals surface area contributed by atoms with E-state index in [9.17, 15) is 25.6 Å². The molecule has 4 aliphatic rings. The van der Waals surface area contributed by atoms with Gasteiger partial charge in [-0.1, -0.05) is 23.5 Å². The molecule has 48 heavy (non-hydrogen) atoms. The number of nitrogens with one attached hydrogen (secondary N) is 2. The van der Waals surface area contributed by atoms with Crippen LogP contribution in [0.4, 0.5) is 29.9 Å². The largest absolute Gasteiger partial charge is 0.351 e. The third-order valence-corrected chi connectivity index (χ3v) is 14.5. The number of nitrogens with zero attached hydrogens (tertiary/aromatic N) is 4. The average Bonchev–Trinajstić information content (AvgIpc) is 3.53. The lowest BCUT2D eigenvalue weighted by atomic mass is 9.67. The lowest BCUT2D eigenvalue weighted by Gasteiger charge is -2.53. The molecule has 3 aliphatic heterocycles. The van der Waals surface area contributed by atoms with E-state index in [0.29, 0.717) is 46.6 Å². The minimum atomic E-state index is -4.83. The summed E-state index contributed by atoms with van der Waals surface area (Å²) in [4.78, 5) is 15.7. The van der Waals surface area contributed by atoms with Gasteiger partial charge in [0.15, 0.2) is 25.7 Å². The molecular weight excluding hydrogens is 686 g/mol. The Balaban J connectivity index is 1.15. The highest BCUT2D eigenvalue weighted by atomic mass is 32.2. The summed E-state index contributed by atoms with van der Waals surface area (Å²) in [6.07, 6.45) is 8.28. The van der Waals surface area contributed by atoms with Crippen molar-refractivity contribution < 1.29 is 30.0 Å². The van der Waals surface area contributed by atoms with E-state index < -0.39 is 47.9 Å². The molecule has 2 N–H and O–H groups in total. The van der Waals surface area contributed by atoms with Crippen LogP contribution < -0.4 is 14.9 Å². The summed E-state index contributed by atoms with van der Waals surface area (Å²) in [5, 5.41) is 4.02. The Morgan fingerprint density at radius 1 is 0.917 bits per heavy atom. The van der Waals surface area contributed by atoms with Crippen LogP contribution in [-0.4, -0.2) is 61.4 Å². The smallest absolute Gasteiger partial charge is 0.267 e. The van der Waals surface area contributed by atoms with Gasteiger partial charge < -0.3 is 10.2 Å². The first-order valence-corrected chi connectivity index (χ1v) is 19.9. The highest BCUT2D eigenvalue weighted by Gasteiger charge is 2.56. The van der Waals surface area contributed by atoms with Gasteiger partial charge in [0.25, 0.3) is 10.0 Å². The zero-order valence-corrected chi connectivity index (χ0v) is 27.9. The number of piperidine rings is 1. The number of aromatic nitrogens is 3. The van der Waals surface area contributed by atoms with Crippen molar-refractivity contribution in [2.24, 2.45) is 5.41 Å². The first-order chi connectivity index (χ1) is 22.9. The number of sulfonamides is 1. The normalized spacial score (nSPS) is 22.7. The molecule has 0 amide bonds. The molecule has 2 bridgehead atoms. The van der Waals surface area contributed by atoms with Crippen molar-refractivity contribution in [1.82, 2.24) is 15.0 Å². The third kappa shape index (κ3) is 5.50. The SMILES string of the molecule is O=S1(=O)CC2(CC(Nc3nccc(-c4sc(N5C6CCCC5CC6)nc4-c4cccc(NS(=O)(=O)c5c(F)cccc5F)c4F)n3)C2)C1. The number of fused-ring (bicyclic) bond motifs is 2. The number of thiazole rings is 1. The molecule has 0 radical (unpaired) electrons. The van der Waals surface area contributed by atoms with E-state index in [4.69, 9.17) is 9.97 Å². The number of rotatable bonds is 8. The number of benzene rings is 2.